The molecule has 0 spiro atoms. The van der Waals surface area contributed by atoms with Gasteiger partial charge in [0.05, 0.1) is 7.11 Å². The average molecular weight is 402 g/mol. The van der Waals surface area contributed by atoms with Gasteiger partial charge in [-0.25, -0.2) is 0 Å². The third-order valence-electron chi connectivity index (χ3n) is 3.88. The summed E-state index contributed by atoms with van der Waals surface area (Å²) in [4.78, 5) is 12.5. The van der Waals surface area contributed by atoms with Crippen LogP contribution < -0.4 is 24.3 Å². The lowest BCUT2D eigenvalue weighted by Crippen LogP contribution is -2.17. The summed E-state index contributed by atoms with van der Waals surface area (Å²) < 4.78 is 45.1. The Labute approximate surface area is 165 Å². The maximum Gasteiger partial charge on any atom is 0.387 e. The van der Waals surface area contributed by atoms with Crippen molar-refractivity contribution in [3.8, 4) is 29.1 Å². The molecule has 0 saturated carbocycles. The van der Waals surface area contributed by atoms with E-state index in [-0.39, 0.29) is 17.1 Å². The number of hydrogen-bond donors (Lipinski definition) is 1. The Morgan fingerprint density at radius 3 is 2.62 bits per heavy atom. The van der Waals surface area contributed by atoms with E-state index in [0.29, 0.717) is 36.0 Å². The van der Waals surface area contributed by atoms with Gasteiger partial charge >= 0.3 is 6.61 Å². The Hall–Kier alpha value is -3.80. The Balaban J connectivity index is 1.79. The van der Waals surface area contributed by atoms with Crippen LogP contribution in [0.25, 0.3) is 6.08 Å². The van der Waals surface area contributed by atoms with E-state index in [1.807, 2.05) is 6.07 Å². The van der Waals surface area contributed by atoms with Crippen molar-refractivity contribution in [2.75, 3.05) is 25.6 Å². The summed E-state index contributed by atoms with van der Waals surface area (Å²) in [5.41, 5.74) is 0.639. The second-order valence-corrected chi connectivity index (χ2v) is 5.77. The molecule has 0 saturated heterocycles. The number of halogens is 2. The summed E-state index contributed by atoms with van der Waals surface area (Å²) in [5, 5.41) is 12.0. The van der Waals surface area contributed by atoms with E-state index in [1.54, 1.807) is 18.2 Å². The van der Waals surface area contributed by atoms with Gasteiger partial charge in [-0.15, -0.1) is 0 Å². The molecule has 1 aliphatic heterocycles. The van der Waals surface area contributed by atoms with E-state index >= 15 is 0 Å². The zero-order valence-electron chi connectivity index (χ0n) is 15.3. The van der Waals surface area contributed by atoms with Gasteiger partial charge in [0.15, 0.2) is 23.0 Å². The first-order valence-corrected chi connectivity index (χ1v) is 8.46. The number of methoxy groups -OCH3 is 1. The number of nitriles is 1. The largest absolute Gasteiger partial charge is 0.493 e. The van der Waals surface area contributed by atoms with Crippen LogP contribution >= 0.6 is 0 Å². The summed E-state index contributed by atoms with van der Waals surface area (Å²) in [6.07, 6.45) is 1.31. The highest BCUT2D eigenvalue weighted by atomic mass is 19.3. The molecule has 0 aliphatic carbocycles. The van der Waals surface area contributed by atoms with E-state index in [4.69, 9.17) is 14.2 Å². The molecule has 0 atom stereocenters. The molecule has 0 radical (unpaired) electrons. The first-order chi connectivity index (χ1) is 14.0. The Morgan fingerprint density at radius 2 is 1.93 bits per heavy atom. The minimum Gasteiger partial charge on any atom is -0.493 e. The molecule has 1 amide bonds. The minimum atomic E-state index is -3.00. The summed E-state index contributed by atoms with van der Waals surface area (Å²) in [6, 6.07) is 10.8. The van der Waals surface area contributed by atoms with E-state index in [9.17, 15) is 18.8 Å². The fourth-order valence-electron chi connectivity index (χ4n) is 2.60. The Bertz CT molecular complexity index is 985. The standard InChI is InChI=1S/C20H16F2N2O5/c1-26-17-9-12(2-4-16(17)29-20(21)22)8-13(11-23)19(25)24-14-3-5-15-18(10-14)28-7-6-27-15/h2-5,8-10,20H,6-7H2,1H3,(H,24,25)/b13-8+. The minimum absolute atomic E-state index is 0.0450. The lowest BCUT2D eigenvalue weighted by Gasteiger charge is -2.18. The molecule has 3 rings (SSSR count). The lowest BCUT2D eigenvalue weighted by atomic mass is 10.1. The molecule has 2 aromatic carbocycles. The monoisotopic (exact) mass is 402 g/mol. The van der Waals surface area contributed by atoms with Crippen molar-refractivity contribution in [3.63, 3.8) is 0 Å². The fourth-order valence-corrected chi connectivity index (χ4v) is 2.60. The molecule has 0 fully saturated rings. The summed E-state index contributed by atoms with van der Waals surface area (Å²) in [7, 11) is 1.29. The first kappa shape index (κ1) is 19.9. The first-order valence-electron chi connectivity index (χ1n) is 8.46. The topological polar surface area (TPSA) is 89.8 Å². The van der Waals surface area contributed by atoms with E-state index < -0.39 is 12.5 Å². The summed E-state index contributed by atoms with van der Waals surface area (Å²) >= 11 is 0. The number of nitrogens with zero attached hydrogens (tertiary/aromatic N) is 1. The number of rotatable bonds is 6. The zero-order valence-corrected chi connectivity index (χ0v) is 15.3. The maximum atomic E-state index is 12.5. The smallest absolute Gasteiger partial charge is 0.387 e. The van der Waals surface area contributed by atoms with Crippen LogP contribution in [0.4, 0.5) is 14.5 Å². The van der Waals surface area contributed by atoms with Crippen LogP contribution in [0.2, 0.25) is 0 Å². The Kier molecular flexibility index (Phi) is 6.14. The molecular formula is C20H16F2N2O5. The molecular weight excluding hydrogens is 386 g/mol. The predicted molar refractivity (Wildman–Crippen MR) is 99.3 cm³/mol. The van der Waals surface area contributed by atoms with Crippen molar-refractivity contribution in [3.05, 3.63) is 47.5 Å². The number of anilines is 1. The third kappa shape index (κ3) is 4.93. The van der Waals surface area contributed by atoms with Crippen LogP contribution in [-0.4, -0.2) is 32.8 Å². The molecule has 0 aromatic heterocycles. The third-order valence-corrected chi connectivity index (χ3v) is 3.88. The van der Waals surface area contributed by atoms with E-state index in [1.165, 1.54) is 31.4 Å². The normalized spacial score (nSPS) is 12.9. The van der Waals surface area contributed by atoms with E-state index in [0.717, 1.165) is 0 Å². The molecule has 0 unspecified atom stereocenters. The highest BCUT2D eigenvalue weighted by Gasteiger charge is 2.16. The van der Waals surface area contributed by atoms with Crippen molar-refractivity contribution in [2.45, 2.75) is 6.61 Å². The van der Waals surface area contributed by atoms with Crippen LogP contribution in [0.15, 0.2) is 42.0 Å². The second kappa shape index (κ2) is 8.93. The number of carbonyl (C=O) groups is 1. The maximum absolute atomic E-state index is 12.5. The van der Waals surface area contributed by atoms with Gasteiger partial charge in [0.1, 0.15) is 24.9 Å². The average Bonchev–Trinajstić information content (AvgIpc) is 2.72. The van der Waals surface area contributed by atoms with Crippen LogP contribution in [-0.2, 0) is 4.79 Å². The van der Waals surface area contributed by atoms with Gasteiger partial charge in [0, 0.05) is 11.8 Å². The second-order valence-electron chi connectivity index (χ2n) is 5.77. The van der Waals surface area contributed by atoms with Crippen molar-refractivity contribution < 1.29 is 32.5 Å². The van der Waals surface area contributed by atoms with E-state index in [2.05, 4.69) is 10.1 Å². The van der Waals surface area contributed by atoms with Crippen LogP contribution in [0, 0.1) is 11.3 Å². The summed E-state index contributed by atoms with van der Waals surface area (Å²) in [6.45, 7) is -2.15. The Morgan fingerprint density at radius 1 is 1.17 bits per heavy atom. The van der Waals surface area contributed by atoms with Gasteiger partial charge in [0.25, 0.3) is 5.91 Å². The van der Waals surface area contributed by atoms with Gasteiger partial charge in [-0.2, -0.15) is 14.0 Å². The van der Waals surface area contributed by atoms with Gasteiger partial charge in [-0.3, -0.25) is 4.79 Å². The molecule has 1 N–H and O–H groups in total. The highest BCUT2D eigenvalue weighted by Crippen LogP contribution is 2.33. The quantitative estimate of drug-likeness (QED) is 0.586. The lowest BCUT2D eigenvalue weighted by molar-refractivity contribution is -0.112. The van der Waals surface area contributed by atoms with Gasteiger partial charge in [-0.05, 0) is 35.9 Å². The van der Waals surface area contributed by atoms with Gasteiger partial charge in [-0.1, -0.05) is 6.07 Å². The number of carbonyl (C=O) groups excluding carboxylic acids is 1. The number of fused-ring (bicyclic) bond motifs is 1. The predicted octanol–water partition coefficient (Wildman–Crippen LogP) is 3.61. The fraction of sp³-hybridized carbons (Fsp3) is 0.200. The van der Waals surface area contributed by atoms with Crippen molar-refractivity contribution in [2.24, 2.45) is 0 Å². The molecule has 150 valence electrons. The number of benzene rings is 2. The zero-order chi connectivity index (χ0) is 20.8. The number of ether oxygens (including phenoxy) is 4. The number of nitrogens with one attached hydrogen (secondary N) is 1. The van der Waals surface area contributed by atoms with Gasteiger partial charge < -0.3 is 24.3 Å². The number of alkyl halides is 2. The SMILES string of the molecule is COc1cc(/C=C(\C#N)C(=O)Nc2ccc3c(c2)OCCO3)ccc1OC(F)F. The van der Waals surface area contributed by atoms with Crippen LogP contribution in [0.5, 0.6) is 23.0 Å². The van der Waals surface area contributed by atoms with Crippen molar-refractivity contribution in [1.29, 1.82) is 5.26 Å². The summed E-state index contributed by atoms with van der Waals surface area (Å²) in [5.74, 6) is 0.318. The molecule has 2 aromatic rings. The van der Waals surface area contributed by atoms with Crippen LogP contribution in [0.3, 0.4) is 0 Å². The molecule has 29 heavy (non-hydrogen) atoms. The molecule has 0 bridgehead atoms. The molecule has 1 aliphatic rings. The van der Waals surface area contributed by atoms with Gasteiger partial charge in [0.2, 0.25) is 0 Å². The molecule has 9 heteroatoms. The number of amides is 1. The number of hydrogen-bond acceptors (Lipinski definition) is 6. The van der Waals surface area contributed by atoms with Crippen molar-refractivity contribution in [1.82, 2.24) is 0 Å². The molecule has 7 nitrogen and oxygen atoms in total. The van der Waals surface area contributed by atoms with Crippen LogP contribution in [0.1, 0.15) is 5.56 Å². The van der Waals surface area contributed by atoms with Crippen molar-refractivity contribution >= 4 is 17.7 Å². The highest BCUT2D eigenvalue weighted by molar-refractivity contribution is 6.09. The molecule has 1 heterocycles.